The molecule has 0 aliphatic rings. The predicted molar refractivity (Wildman–Crippen MR) is 229 cm³/mol. The number of benzene rings is 9. The van der Waals surface area contributed by atoms with E-state index in [1.807, 2.05) is 18.2 Å². The van der Waals surface area contributed by atoms with Crippen molar-refractivity contribution in [3.8, 4) is 33.4 Å². The molecule has 0 spiro atoms. The van der Waals surface area contributed by atoms with Crippen LogP contribution in [0.25, 0.3) is 88.0 Å². The minimum atomic E-state index is 0.843. The second-order valence-corrected chi connectivity index (χ2v) is 14.1. The van der Waals surface area contributed by atoms with Gasteiger partial charge in [0.15, 0.2) is 5.58 Å². The van der Waals surface area contributed by atoms with Crippen LogP contribution in [0.2, 0.25) is 0 Å². The number of anilines is 3. The summed E-state index contributed by atoms with van der Waals surface area (Å²) in [5, 5.41) is 6.85. The van der Waals surface area contributed by atoms with E-state index in [1.165, 1.54) is 10.8 Å². The van der Waals surface area contributed by atoms with Gasteiger partial charge in [-0.1, -0.05) is 152 Å². The molecule has 2 aromatic heterocycles. The van der Waals surface area contributed by atoms with E-state index in [1.54, 1.807) is 0 Å². The Labute approximate surface area is 317 Å². The minimum Gasteiger partial charge on any atom is -0.456 e. The van der Waals surface area contributed by atoms with Crippen molar-refractivity contribution in [2.24, 2.45) is 0 Å². The van der Waals surface area contributed by atoms with Crippen molar-refractivity contribution in [2.45, 2.75) is 0 Å². The zero-order chi connectivity index (χ0) is 36.3. The molecular formula is C52H33NO2. The quantitative estimate of drug-likeness (QED) is 0.173. The summed E-state index contributed by atoms with van der Waals surface area (Å²) in [7, 11) is 0. The van der Waals surface area contributed by atoms with E-state index in [4.69, 9.17) is 8.83 Å². The van der Waals surface area contributed by atoms with Crippen molar-refractivity contribution < 1.29 is 8.83 Å². The molecule has 9 aromatic carbocycles. The summed E-state index contributed by atoms with van der Waals surface area (Å²) >= 11 is 0. The molecule has 0 aliphatic heterocycles. The Morgan fingerprint density at radius 2 is 0.945 bits per heavy atom. The molecule has 0 saturated heterocycles. The van der Waals surface area contributed by atoms with Gasteiger partial charge in [-0.05, 0) is 81.6 Å². The third-order valence-corrected chi connectivity index (χ3v) is 10.9. The van der Waals surface area contributed by atoms with Crippen LogP contribution in [0.3, 0.4) is 0 Å². The highest BCUT2D eigenvalue weighted by atomic mass is 16.3. The van der Waals surface area contributed by atoms with Gasteiger partial charge in [0.1, 0.15) is 16.7 Å². The lowest BCUT2D eigenvalue weighted by Crippen LogP contribution is -2.11. The Kier molecular flexibility index (Phi) is 7.17. The van der Waals surface area contributed by atoms with Gasteiger partial charge >= 0.3 is 0 Å². The maximum Gasteiger partial charge on any atom is 0.159 e. The zero-order valence-electron chi connectivity index (χ0n) is 29.8. The first-order chi connectivity index (χ1) is 27.3. The molecular weight excluding hydrogens is 671 g/mol. The molecule has 2 heterocycles. The van der Waals surface area contributed by atoms with Crippen molar-refractivity contribution in [3.05, 3.63) is 200 Å². The van der Waals surface area contributed by atoms with Crippen LogP contribution in [-0.2, 0) is 0 Å². The first-order valence-corrected chi connectivity index (χ1v) is 18.7. The lowest BCUT2D eigenvalue weighted by Gasteiger charge is -2.28. The van der Waals surface area contributed by atoms with E-state index in [-0.39, 0.29) is 0 Å². The zero-order valence-corrected chi connectivity index (χ0v) is 29.8. The van der Waals surface area contributed by atoms with E-state index in [0.717, 1.165) is 94.3 Å². The van der Waals surface area contributed by atoms with Crippen molar-refractivity contribution in [3.63, 3.8) is 0 Å². The first-order valence-electron chi connectivity index (χ1n) is 18.7. The maximum atomic E-state index is 7.01. The molecule has 11 rings (SSSR count). The lowest BCUT2D eigenvalue weighted by atomic mass is 9.98. The monoisotopic (exact) mass is 703 g/mol. The number of nitrogens with zero attached hydrogens (tertiary/aromatic N) is 1. The van der Waals surface area contributed by atoms with Gasteiger partial charge in [0.05, 0.1) is 11.4 Å². The number of para-hydroxylation sites is 4. The molecule has 3 heteroatoms. The van der Waals surface area contributed by atoms with Gasteiger partial charge in [-0.2, -0.15) is 0 Å². The van der Waals surface area contributed by atoms with Crippen molar-refractivity contribution in [1.29, 1.82) is 0 Å². The first kappa shape index (κ1) is 31.2. The second kappa shape index (κ2) is 12.6. The molecule has 258 valence electrons. The van der Waals surface area contributed by atoms with E-state index >= 15 is 0 Å². The van der Waals surface area contributed by atoms with Crippen LogP contribution in [-0.4, -0.2) is 0 Å². The molecule has 0 radical (unpaired) electrons. The second-order valence-electron chi connectivity index (χ2n) is 14.1. The van der Waals surface area contributed by atoms with Gasteiger partial charge < -0.3 is 13.7 Å². The van der Waals surface area contributed by atoms with Gasteiger partial charge in [0.25, 0.3) is 0 Å². The number of hydrogen-bond acceptors (Lipinski definition) is 3. The van der Waals surface area contributed by atoms with E-state index < -0.39 is 0 Å². The fourth-order valence-corrected chi connectivity index (χ4v) is 8.21. The average Bonchev–Trinajstić information content (AvgIpc) is 3.83. The van der Waals surface area contributed by atoms with Crippen LogP contribution in [0, 0.1) is 0 Å². The molecule has 3 nitrogen and oxygen atoms in total. The van der Waals surface area contributed by atoms with E-state index in [2.05, 4.69) is 187 Å². The molecule has 0 amide bonds. The summed E-state index contributed by atoms with van der Waals surface area (Å²) in [6.45, 7) is 0. The van der Waals surface area contributed by atoms with Crippen molar-refractivity contribution in [2.75, 3.05) is 4.90 Å². The SMILES string of the molecule is c1ccc(-c2cccc3c2oc2c(N(c4ccc(-c5ccc6oc7ccccc7c6c5)cc4)c4ccccc4-c4ccc5ccccc5c4)cccc23)cc1. The molecule has 0 saturated carbocycles. The Bertz CT molecular complexity index is 3210. The highest BCUT2D eigenvalue weighted by molar-refractivity contribution is 6.14. The predicted octanol–water partition coefficient (Wildman–Crippen LogP) is 15.1. The standard InChI is InChI=1S/C52H33NO2/c1-2-13-36(14-3-1)42-18-10-19-44-45-20-11-22-48(52(45)55-51(42)44)53(47-21-8-6-16-41(47)39-25-24-34-12-4-5-15-37(34)32-39)40-29-26-35(27-30-40)38-28-31-50-46(33-38)43-17-7-9-23-49(43)54-50/h1-33H. The third-order valence-electron chi connectivity index (χ3n) is 10.9. The van der Waals surface area contributed by atoms with Crippen LogP contribution in [0.4, 0.5) is 17.1 Å². The molecule has 0 unspecified atom stereocenters. The smallest absolute Gasteiger partial charge is 0.159 e. The van der Waals surface area contributed by atoms with Crippen LogP contribution < -0.4 is 4.90 Å². The molecule has 11 aromatic rings. The fraction of sp³-hybridized carbons (Fsp3) is 0. The van der Waals surface area contributed by atoms with Gasteiger partial charge in [0.2, 0.25) is 0 Å². The molecule has 0 atom stereocenters. The van der Waals surface area contributed by atoms with Crippen LogP contribution in [0.5, 0.6) is 0 Å². The molecule has 0 N–H and O–H groups in total. The van der Waals surface area contributed by atoms with Crippen LogP contribution in [0.1, 0.15) is 0 Å². The number of hydrogen-bond donors (Lipinski definition) is 0. The summed E-state index contributed by atoms with van der Waals surface area (Å²) in [6, 6.07) is 71.0. The maximum absolute atomic E-state index is 7.01. The normalized spacial score (nSPS) is 11.6. The van der Waals surface area contributed by atoms with E-state index in [0.29, 0.717) is 0 Å². The minimum absolute atomic E-state index is 0.843. The highest BCUT2D eigenvalue weighted by Gasteiger charge is 2.23. The summed E-state index contributed by atoms with van der Waals surface area (Å²) in [4.78, 5) is 2.36. The molecule has 0 bridgehead atoms. The van der Waals surface area contributed by atoms with Gasteiger partial charge in [-0.3, -0.25) is 0 Å². The Morgan fingerprint density at radius 1 is 0.309 bits per heavy atom. The molecule has 55 heavy (non-hydrogen) atoms. The summed E-state index contributed by atoms with van der Waals surface area (Å²) in [5.41, 5.74) is 13.4. The Morgan fingerprint density at radius 3 is 1.84 bits per heavy atom. The molecule has 0 fully saturated rings. The fourth-order valence-electron chi connectivity index (χ4n) is 8.21. The van der Waals surface area contributed by atoms with E-state index in [9.17, 15) is 0 Å². The Hall–Kier alpha value is -7.36. The summed E-state index contributed by atoms with van der Waals surface area (Å²) < 4.78 is 13.1. The topological polar surface area (TPSA) is 29.5 Å². The Balaban J connectivity index is 1.11. The van der Waals surface area contributed by atoms with Crippen molar-refractivity contribution in [1.82, 2.24) is 0 Å². The summed E-state index contributed by atoms with van der Waals surface area (Å²) in [5.74, 6) is 0. The number of fused-ring (bicyclic) bond motifs is 7. The average molecular weight is 704 g/mol. The number of furan rings is 2. The lowest BCUT2D eigenvalue weighted by molar-refractivity contribution is 0.669. The molecule has 0 aliphatic carbocycles. The van der Waals surface area contributed by atoms with Crippen LogP contribution >= 0.6 is 0 Å². The van der Waals surface area contributed by atoms with Gasteiger partial charge in [0, 0.05) is 38.4 Å². The largest absolute Gasteiger partial charge is 0.456 e. The van der Waals surface area contributed by atoms with Gasteiger partial charge in [-0.15, -0.1) is 0 Å². The van der Waals surface area contributed by atoms with Gasteiger partial charge in [-0.25, -0.2) is 0 Å². The third kappa shape index (κ3) is 5.20. The van der Waals surface area contributed by atoms with Crippen molar-refractivity contribution >= 4 is 71.7 Å². The number of rotatable bonds is 6. The summed E-state index contributed by atoms with van der Waals surface area (Å²) in [6.07, 6.45) is 0. The highest BCUT2D eigenvalue weighted by Crippen LogP contribution is 2.47. The van der Waals surface area contributed by atoms with Crippen LogP contribution in [0.15, 0.2) is 209 Å².